The van der Waals surface area contributed by atoms with Gasteiger partial charge in [0.2, 0.25) is 0 Å². The van der Waals surface area contributed by atoms with Gasteiger partial charge in [-0.05, 0) is 24.3 Å². The molecule has 0 radical (unpaired) electrons. The van der Waals surface area contributed by atoms with Crippen molar-refractivity contribution in [2.75, 3.05) is 5.73 Å². The normalized spacial score (nSPS) is 11.7. The standard InChI is InChI=1S/C17H14ClF2N7O2/c18-8-2-3-11(29-17(19)20)9(6-8)13(22)10(7-21)25-16(28)12-14(23)26-27-5-1-4-24-15(12)27/h1-7,17,22H,21H2,(H2,23,26)(H,25,28)/b10-7+,22-13?. The molecule has 150 valence electrons. The SMILES string of the molecule is N=C(/C(=C\N)NC(=O)c1c(N)nn2cccnc12)c1cc(Cl)ccc1OC(F)F. The van der Waals surface area contributed by atoms with Crippen LogP contribution in [0.2, 0.25) is 5.02 Å². The second-order valence-electron chi connectivity index (χ2n) is 5.58. The molecule has 0 atom stereocenters. The number of hydrogen-bond acceptors (Lipinski definition) is 7. The van der Waals surface area contributed by atoms with E-state index < -0.39 is 18.2 Å². The van der Waals surface area contributed by atoms with Crippen molar-refractivity contribution < 1.29 is 18.3 Å². The number of nitrogens with two attached hydrogens (primary N) is 2. The molecule has 0 bridgehead atoms. The number of carbonyl (C=O) groups is 1. The van der Waals surface area contributed by atoms with Crippen LogP contribution in [0.3, 0.4) is 0 Å². The predicted molar refractivity (Wildman–Crippen MR) is 102 cm³/mol. The number of rotatable bonds is 6. The molecule has 1 amide bonds. The van der Waals surface area contributed by atoms with E-state index in [1.54, 1.807) is 12.3 Å². The summed E-state index contributed by atoms with van der Waals surface area (Å²) in [6.45, 7) is -3.12. The van der Waals surface area contributed by atoms with E-state index in [1.807, 2.05) is 0 Å². The highest BCUT2D eigenvalue weighted by atomic mass is 35.5. The number of halogens is 3. The van der Waals surface area contributed by atoms with Gasteiger partial charge in [-0.25, -0.2) is 9.50 Å². The fraction of sp³-hybridized carbons (Fsp3) is 0.0588. The van der Waals surface area contributed by atoms with Gasteiger partial charge in [0.1, 0.15) is 11.3 Å². The summed E-state index contributed by atoms with van der Waals surface area (Å²) in [4.78, 5) is 16.8. The maximum Gasteiger partial charge on any atom is 0.387 e. The number of nitrogens with one attached hydrogen (secondary N) is 2. The first-order valence-corrected chi connectivity index (χ1v) is 8.35. The molecule has 0 aliphatic rings. The fourth-order valence-corrected chi connectivity index (χ4v) is 2.71. The minimum Gasteiger partial charge on any atom is -0.434 e. The zero-order chi connectivity index (χ0) is 21.1. The van der Waals surface area contributed by atoms with Crippen LogP contribution in [0.5, 0.6) is 5.75 Å². The van der Waals surface area contributed by atoms with Crippen molar-refractivity contribution >= 4 is 34.7 Å². The molecule has 12 heteroatoms. The smallest absolute Gasteiger partial charge is 0.387 e. The molecular formula is C17H14ClF2N7O2. The summed E-state index contributed by atoms with van der Waals surface area (Å²) < 4.78 is 31.1. The average Bonchev–Trinajstić information content (AvgIpc) is 3.02. The van der Waals surface area contributed by atoms with E-state index in [1.165, 1.54) is 28.9 Å². The van der Waals surface area contributed by atoms with Gasteiger partial charge >= 0.3 is 6.61 Å². The van der Waals surface area contributed by atoms with Crippen LogP contribution in [0.1, 0.15) is 15.9 Å². The lowest BCUT2D eigenvalue weighted by Gasteiger charge is -2.15. The number of amides is 1. The summed E-state index contributed by atoms with van der Waals surface area (Å²) in [5.41, 5.74) is 10.8. The molecule has 0 aliphatic heterocycles. The minimum absolute atomic E-state index is 0.0344. The number of allylic oxidation sites excluding steroid dienone is 1. The Kier molecular flexibility index (Phi) is 5.59. The molecule has 0 aliphatic carbocycles. The molecule has 9 nitrogen and oxygen atoms in total. The molecule has 3 aromatic rings. The first-order chi connectivity index (χ1) is 13.8. The first-order valence-electron chi connectivity index (χ1n) is 7.97. The first kappa shape index (κ1) is 20.0. The van der Waals surface area contributed by atoms with E-state index in [4.69, 9.17) is 28.5 Å². The number of fused-ring (bicyclic) bond motifs is 1. The van der Waals surface area contributed by atoms with E-state index in [-0.39, 0.29) is 39.1 Å². The largest absolute Gasteiger partial charge is 0.434 e. The summed E-state index contributed by atoms with van der Waals surface area (Å²) >= 11 is 5.90. The number of nitrogen functional groups attached to an aromatic ring is 1. The van der Waals surface area contributed by atoms with Crippen LogP contribution in [0.15, 0.2) is 48.6 Å². The van der Waals surface area contributed by atoms with Crippen molar-refractivity contribution in [3.05, 3.63) is 64.7 Å². The van der Waals surface area contributed by atoms with Crippen molar-refractivity contribution in [1.29, 1.82) is 5.41 Å². The van der Waals surface area contributed by atoms with Crippen molar-refractivity contribution in [2.24, 2.45) is 5.73 Å². The number of carbonyl (C=O) groups excluding carboxylic acids is 1. The lowest BCUT2D eigenvalue weighted by molar-refractivity contribution is -0.0499. The quantitative estimate of drug-likeness (QED) is 0.449. The predicted octanol–water partition coefficient (Wildman–Crippen LogP) is 2.16. The van der Waals surface area contributed by atoms with Gasteiger partial charge < -0.3 is 21.5 Å². The molecule has 0 saturated heterocycles. The molecule has 0 spiro atoms. The van der Waals surface area contributed by atoms with Crippen molar-refractivity contribution in [2.45, 2.75) is 6.61 Å². The Morgan fingerprint density at radius 2 is 2.17 bits per heavy atom. The number of nitrogens with zero attached hydrogens (tertiary/aromatic N) is 3. The van der Waals surface area contributed by atoms with Crippen LogP contribution < -0.4 is 21.5 Å². The number of hydrogen-bond donors (Lipinski definition) is 4. The number of aromatic nitrogens is 3. The molecule has 6 N–H and O–H groups in total. The second-order valence-corrected chi connectivity index (χ2v) is 6.01. The third-order valence-electron chi connectivity index (χ3n) is 3.76. The summed E-state index contributed by atoms with van der Waals surface area (Å²) in [6, 6.07) is 5.35. The van der Waals surface area contributed by atoms with Crippen molar-refractivity contribution in [3.63, 3.8) is 0 Å². The summed E-state index contributed by atoms with van der Waals surface area (Å²) in [7, 11) is 0. The lowest BCUT2D eigenvalue weighted by atomic mass is 10.1. The van der Waals surface area contributed by atoms with Crippen LogP contribution in [0.25, 0.3) is 5.65 Å². The fourth-order valence-electron chi connectivity index (χ4n) is 2.54. The number of anilines is 1. The van der Waals surface area contributed by atoms with E-state index in [0.717, 1.165) is 6.20 Å². The maximum absolute atomic E-state index is 12.7. The zero-order valence-corrected chi connectivity index (χ0v) is 15.3. The molecule has 0 unspecified atom stereocenters. The van der Waals surface area contributed by atoms with E-state index in [2.05, 4.69) is 20.1 Å². The Bertz CT molecular complexity index is 1130. The van der Waals surface area contributed by atoms with Crippen LogP contribution in [-0.4, -0.2) is 32.8 Å². The van der Waals surface area contributed by atoms with Crippen LogP contribution in [0.4, 0.5) is 14.6 Å². The highest BCUT2D eigenvalue weighted by molar-refractivity contribution is 6.31. The van der Waals surface area contributed by atoms with Crippen molar-refractivity contribution in [3.8, 4) is 5.75 Å². The monoisotopic (exact) mass is 421 g/mol. The highest BCUT2D eigenvalue weighted by Gasteiger charge is 2.23. The Morgan fingerprint density at radius 3 is 2.86 bits per heavy atom. The molecule has 0 saturated carbocycles. The van der Waals surface area contributed by atoms with Gasteiger partial charge in [0, 0.05) is 29.2 Å². The van der Waals surface area contributed by atoms with Gasteiger partial charge in [-0.15, -0.1) is 5.10 Å². The second kappa shape index (κ2) is 8.10. The molecule has 3 rings (SSSR count). The van der Waals surface area contributed by atoms with Gasteiger partial charge in [0.05, 0.1) is 11.4 Å². The Hall–Kier alpha value is -3.73. The van der Waals surface area contributed by atoms with Crippen LogP contribution in [-0.2, 0) is 0 Å². The van der Waals surface area contributed by atoms with Crippen LogP contribution >= 0.6 is 11.6 Å². The maximum atomic E-state index is 12.7. The summed E-state index contributed by atoms with van der Waals surface area (Å²) in [6.07, 6.45) is 3.94. The molecule has 1 aromatic carbocycles. The molecular weight excluding hydrogens is 408 g/mol. The van der Waals surface area contributed by atoms with E-state index in [9.17, 15) is 13.6 Å². The van der Waals surface area contributed by atoms with Crippen LogP contribution in [0, 0.1) is 5.41 Å². The summed E-state index contributed by atoms with van der Waals surface area (Å²) in [5, 5.41) is 14.8. The van der Waals surface area contributed by atoms with Gasteiger partial charge in [-0.1, -0.05) is 11.6 Å². The third-order valence-corrected chi connectivity index (χ3v) is 4.00. The number of ether oxygens (including phenoxy) is 1. The molecule has 2 aromatic heterocycles. The molecule has 0 fully saturated rings. The van der Waals surface area contributed by atoms with Crippen molar-refractivity contribution in [1.82, 2.24) is 19.9 Å². The molecule has 2 heterocycles. The minimum atomic E-state index is -3.12. The Morgan fingerprint density at radius 1 is 1.41 bits per heavy atom. The zero-order valence-electron chi connectivity index (χ0n) is 14.6. The topological polar surface area (TPSA) is 144 Å². The van der Waals surface area contributed by atoms with E-state index in [0.29, 0.717) is 0 Å². The lowest BCUT2D eigenvalue weighted by Crippen LogP contribution is -2.29. The average molecular weight is 422 g/mol. The van der Waals surface area contributed by atoms with Gasteiger partial charge in [0.15, 0.2) is 11.5 Å². The Labute approximate surface area is 167 Å². The molecule has 29 heavy (non-hydrogen) atoms. The Balaban J connectivity index is 1.93. The highest BCUT2D eigenvalue weighted by Crippen LogP contribution is 2.26. The van der Waals surface area contributed by atoms with E-state index >= 15 is 0 Å². The third kappa shape index (κ3) is 4.09. The summed E-state index contributed by atoms with van der Waals surface area (Å²) in [5.74, 6) is -1.13. The van der Waals surface area contributed by atoms with Gasteiger partial charge in [0.25, 0.3) is 5.91 Å². The van der Waals surface area contributed by atoms with Gasteiger partial charge in [-0.3, -0.25) is 10.2 Å². The van der Waals surface area contributed by atoms with Gasteiger partial charge in [-0.2, -0.15) is 8.78 Å². The number of alkyl halides is 2. The number of benzene rings is 1.